The number of hydrogen-bond donors (Lipinski definition) is 3. The van der Waals surface area contributed by atoms with Crippen LogP contribution in [-0.4, -0.2) is 52.4 Å². The molecule has 8 heteroatoms. The van der Waals surface area contributed by atoms with E-state index in [9.17, 15) is 9.59 Å². The van der Waals surface area contributed by atoms with Crippen LogP contribution in [0.5, 0.6) is 0 Å². The number of nitrogens with zero attached hydrogens (tertiary/aromatic N) is 3. The molecule has 4 N–H and O–H groups in total. The summed E-state index contributed by atoms with van der Waals surface area (Å²) >= 11 is 0. The van der Waals surface area contributed by atoms with E-state index in [1.807, 2.05) is 0 Å². The van der Waals surface area contributed by atoms with Crippen molar-refractivity contribution in [1.82, 2.24) is 15.2 Å². The zero-order chi connectivity index (χ0) is 15.4. The Labute approximate surface area is 121 Å². The van der Waals surface area contributed by atoms with E-state index >= 15 is 0 Å². The fourth-order valence-corrected chi connectivity index (χ4v) is 2.13. The summed E-state index contributed by atoms with van der Waals surface area (Å²) in [6, 6.07) is 2.97. The van der Waals surface area contributed by atoms with Gasteiger partial charge in [-0.2, -0.15) is 0 Å². The summed E-state index contributed by atoms with van der Waals surface area (Å²) in [5, 5.41) is 14.3. The SMILES string of the molecule is CN1CC(NC(=O)c2ccc(C(N)=NO)cn2)CCC1=O. The second kappa shape index (κ2) is 6.21. The Bertz CT molecular complexity index is 570. The molecule has 112 valence electrons. The van der Waals surface area contributed by atoms with E-state index in [2.05, 4.69) is 15.5 Å². The summed E-state index contributed by atoms with van der Waals surface area (Å²) in [6.07, 6.45) is 2.41. The highest BCUT2D eigenvalue weighted by Gasteiger charge is 2.24. The largest absolute Gasteiger partial charge is 0.409 e. The van der Waals surface area contributed by atoms with Crippen molar-refractivity contribution >= 4 is 17.6 Å². The van der Waals surface area contributed by atoms with Gasteiger partial charge in [0.25, 0.3) is 5.91 Å². The molecule has 1 aliphatic rings. The number of rotatable bonds is 3. The van der Waals surface area contributed by atoms with Gasteiger partial charge < -0.3 is 21.2 Å². The maximum absolute atomic E-state index is 12.1. The van der Waals surface area contributed by atoms with Crippen molar-refractivity contribution in [3.05, 3.63) is 29.6 Å². The molecule has 1 saturated heterocycles. The Kier molecular flexibility index (Phi) is 4.36. The van der Waals surface area contributed by atoms with Crippen molar-refractivity contribution < 1.29 is 14.8 Å². The number of oxime groups is 1. The Hall–Kier alpha value is -2.64. The molecular weight excluding hydrogens is 274 g/mol. The predicted molar refractivity (Wildman–Crippen MR) is 74.9 cm³/mol. The van der Waals surface area contributed by atoms with Gasteiger partial charge in [0.2, 0.25) is 5.91 Å². The fourth-order valence-electron chi connectivity index (χ4n) is 2.13. The summed E-state index contributed by atoms with van der Waals surface area (Å²) < 4.78 is 0. The first-order valence-electron chi connectivity index (χ1n) is 6.50. The van der Waals surface area contributed by atoms with Gasteiger partial charge in [0.1, 0.15) is 5.69 Å². The van der Waals surface area contributed by atoms with Crippen molar-refractivity contribution in [2.75, 3.05) is 13.6 Å². The zero-order valence-electron chi connectivity index (χ0n) is 11.6. The van der Waals surface area contributed by atoms with Gasteiger partial charge >= 0.3 is 0 Å². The third-order valence-electron chi connectivity index (χ3n) is 3.36. The van der Waals surface area contributed by atoms with Gasteiger partial charge in [-0.3, -0.25) is 14.6 Å². The molecular formula is C13H17N5O3. The molecule has 0 saturated carbocycles. The van der Waals surface area contributed by atoms with Crippen LogP contribution in [0.1, 0.15) is 28.9 Å². The normalized spacial score (nSPS) is 19.5. The van der Waals surface area contributed by atoms with E-state index < -0.39 is 0 Å². The number of carbonyl (C=O) groups excluding carboxylic acids is 2. The number of hydrogen-bond acceptors (Lipinski definition) is 5. The molecule has 2 heterocycles. The monoisotopic (exact) mass is 291 g/mol. The summed E-state index contributed by atoms with van der Waals surface area (Å²) in [6.45, 7) is 0.493. The zero-order valence-corrected chi connectivity index (χ0v) is 11.6. The van der Waals surface area contributed by atoms with E-state index in [1.165, 1.54) is 12.3 Å². The van der Waals surface area contributed by atoms with Crippen LogP contribution < -0.4 is 11.1 Å². The van der Waals surface area contributed by atoms with Crippen LogP contribution in [0.4, 0.5) is 0 Å². The molecule has 0 aliphatic carbocycles. The van der Waals surface area contributed by atoms with Crippen LogP contribution in [0.15, 0.2) is 23.5 Å². The average Bonchev–Trinajstić information content (AvgIpc) is 2.50. The summed E-state index contributed by atoms with van der Waals surface area (Å²) in [7, 11) is 1.71. The number of carbonyl (C=O) groups is 2. The van der Waals surface area contributed by atoms with E-state index in [0.29, 0.717) is 24.9 Å². The number of amides is 2. The van der Waals surface area contributed by atoms with Crippen LogP contribution in [-0.2, 0) is 4.79 Å². The van der Waals surface area contributed by atoms with Gasteiger partial charge in [0, 0.05) is 37.8 Å². The van der Waals surface area contributed by atoms with Gasteiger partial charge in [-0.25, -0.2) is 0 Å². The quantitative estimate of drug-likeness (QED) is 0.301. The van der Waals surface area contributed by atoms with E-state index in [4.69, 9.17) is 10.9 Å². The minimum atomic E-state index is -0.311. The lowest BCUT2D eigenvalue weighted by atomic mass is 10.1. The maximum atomic E-state index is 12.1. The average molecular weight is 291 g/mol. The smallest absolute Gasteiger partial charge is 0.270 e. The highest BCUT2D eigenvalue weighted by Crippen LogP contribution is 2.10. The third-order valence-corrected chi connectivity index (χ3v) is 3.36. The lowest BCUT2D eigenvalue weighted by Gasteiger charge is -2.30. The molecule has 1 aromatic heterocycles. The van der Waals surface area contributed by atoms with Gasteiger partial charge in [0.15, 0.2) is 5.84 Å². The molecule has 21 heavy (non-hydrogen) atoms. The maximum Gasteiger partial charge on any atom is 0.270 e. The van der Waals surface area contributed by atoms with E-state index in [1.54, 1.807) is 18.0 Å². The van der Waals surface area contributed by atoms with Crippen LogP contribution in [0.3, 0.4) is 0 Å². The first-order chi connectivity index (χ1) is 10.0. The van der Waals surface area contributed by atoms with Crippen LogP contribution >= 0.6 is 0 Å². The molecule has 1 fully saturated rings. The standard InChI is InChI=1S/C13H17N5O3/c1-18-7-9(3-5-11(18)19)16-13(20)10-4-2-8(6-15-10)12(14)17-21/h2,4,6,9,21H,3,5,7H2,1H3,(H2,14,17)(H,16,20). The second-order valence-corrected chi connectivity index (χ2v) is 4.90. The Morgan fingerprint density at radius 3 is 2.90 bits per heavy atom. The van der Waals surface area contributed by atoms with Crippen molar-refractivity contribution in [2.24, 2.45) is 10.9 Å². The lowest BCUT2D eigenvalue weighted by molar-refractivity contribution is -0.132. The number of likely N-dealkylation sites (tertiary alicyclic amines) is 1. The minimum Gasteiger partial charge on any atom is -0.409 e. The van der Waals surface area contributed by atoms with Crippen LogP contribution in [0, 0.1) is 0 Å². The van der Waals surface area contributed by atoms with Crippen molar-refractivity contribution in [3.8, 4) is 0 Å². The van der Waals surface area contributed by atoms with Gasteiger partial charge in [0.05, 0.1) is 0 Å². The Balaban J connectivity index is 1.99. The Morgan fingerprint density at radius 2 is 2.33 bits per heavy atom. The molecule has 8 nitrogen and oxygen atoms in total. The first kappa shape index (κ1) is 14.8. The van der Waals surface area contributed by atoms with Crippen molar-refractivity contribution in [2.45, 2.75) is 18.9 Å². The van der Waals surface area contributed by atoms with Gasteiger partial charge in [-0.15, -0.1) is 0 Å². The number of nitrogens with two attached hydrogens (primary N) is 1. The number of pyridine rings is 1. The summed E-state index contributed by atoms with van der Waals surface area (Å²) in [5.41, 5.74) is 6.09. The molecule has 1 atom stereocenters. The van der Waals surface area contributed by atoms with Crippen LogP contribution in [0.25, 0.3) is 0 Å². The number of piperidine rings is 1. The third kappa shape index (κ3) is 3.47. The molecule has 0 radical (unpaired) electrons. The highest BCUT2D eigenvalue weighted by molar-refractivity contribution is 5.98. The van der Waals surface area contributed by atoms with E-state index in [0.717, 1.165) is 0 Å². The molecule has 2 rings (SSSR count). The molecule has 0 bridgehead atoms. The molecule has 1 aromatic rings. The number of aromatic nitrogens is 1. The predicted octanol–water partition coefficient (Wildman–Crippen LogP) is -0.473. The van der Waals surface area contributed by atoms with Crippen molar-refractivity contribution in [3.63, 3.8) is 0 Å². The minimum absolute atomic E-state index is 0.0677. The van der Waals surface area contributed by atoms with E-state index in [-0.39, 0.29) is 29.4 Å². The summed E-state index contributed by atoms with van der Waals surface area (Å²) in [5.74, 6) is -0.294. The van der Waals surface area contributed by atoms with Crippen molar-refractivity contribution in [1.29, 1.82) is 0 Å². The fraction of sp³-hybridized carbons (Fsp3) is 0.385. The van der Waals surface area contributed by atoms with Gasteiger partial charge in [-0.1, -0.05) is 5.16 Å². The number of likely N-dealkylation sites (N-methyl/N-ethyl adjacent to an activating group) is 1. The second-order valence-electron chi connectivity index (χ2n) is 4.90. The number of amidine groups is 1. The molecule has 0 spiro atoms. The number of nitrogens with one attached hydrogen (secondary N) is 1. The molecule has 1 aliphatic heterocycles. The highest BCUT2D eigenvalue weighted by atomic mass is 16.4. The Morgan fingerprint density at radius 1 is 1.57 bits per heavy atom. The summed E-state index contributed by atoms with van der Waals surface area (Å²) in [4.78, 5) is 29.0. The first-order valence-corrected chi connectivity index (χ1v) is 6.50. The molecule has 2 amide bonds. The lowest BCUT2D eigenvalue weighted by Crippen LogP contribution is -2.48. The molecule has 0 aromatic carbocycles. The van der Waals surface area contributed by atoms with Gasteiger partial charge in [-0.05, 0) is 18.6 Å². The molecule has 1 unspecified atom stereocenters. The van der Waals surface area contributed by atoms with Crippen LogP contribution in [0.2, 0.25) is 0 Å². The topological polar surface area (TPSA) is 121 Å².